The van der Waals surface area contributed by atoms with Crippen molar-refractivity contribution in [3.05, 3.63) is 0 Å². The van der Waals surface area contributed by atoms with Gasteiger partial charge < -0.3 is 19.6 Å². The fraction of sp³-hybridized carbons (Fsp3) is 0.857. The van der Waals surface area contributed by atoms with Crippen LogP contribution in [0, 0.1) is 0 Å². The zero-order valence-corrected chi connectivity index (χ0v) is 17.4. The van der Waals surface area contributed by atoms with Crippen LogP contribution in [0.25, 0.3) is 0 Å². The third kappa shape index (κ3) is 5.69. The maximum absolute atomic E-state index is 13.0. The van der Waals surface area contributed by atoms with E-state index in [4.69, 9.17) is 4.74 Å². The lowest BCUT2D eigenvalue weighted by molar-refractivity contribution is -0.155. The molecule has 0 aliphatic carbocycles. The van der Waals surface area contributed by atoms with Crippen LogP contribution in [0.2, 0.25) is 0 Å². The van der Waals surface area contributed by atoms with Gasteiger partial charge in [0.1, 0.15) is 12.1 Å². The Labute approximate surface area is 168 Å². The predicted octanol–water partition coefficient (Wildman–Crippen LogP) is 2.25. The molecule has 0 aromatic carbocycles. The van der Waals surface area contributed by atoms with E-state index in [1.54, 1.807) is 0 Å². The van der Waals surface area contributed by atoms with Gasteiger partial charge in [0.05, 0.1) is 13.2 Å². The Morgan fingerprint density at radius 1 is 0.964 bits per heavy atom. The van der Waals surface area contributed by atoms with Crippen LogP contribution < -0.4 is 0 Å². The lowest BCUT2D eigenvalue weighted by Gasteiger charge is -2.31. The van der Waals surface area contributed by atoms with Gasteiger partial charge in [-0.1, -0.05) is 45.4 Å². The van der Waals surface area contributed by atoms with Crippen molar-refractivity contribution in [2.24, 2.45) is 0 Å². The van der Waals surface area contributed by atoms with Gasteiger partial charge in [-0.2, -0.15) is 0 Å². The molecule has 1 unspecified atom stereocenters. The van der Waals surface area contributed by atoms with E-state index < -0.39 is 24.2 Å². The summed E-state index contributed by atoms with van der Waals surface area (Å²) in [4.78, 5) is 40.7. The van der Waals surface area contributed by atoms with Crippen molar-refractivity contribution < 1.29 is 24.2 Å². The first-order valence-electron chi connectivity index (χ1n) is 10.9. The van der Waals surface area contributed by atoms with Gasteiger partial charge in [-0.05, 0) is 25.7 Å². The summed E-state index contributed by atoms with van der Waals surface area (Å²) in [7, 11) is 1.31. The number of likely N-dealkylation sites (tertiary alicyclic amines) is 2. The Morgan fingerprint density at radius 3 is 2.32 bits per heavy atom. The summed E-state index contributed by atoms with van der Waals surface area (Å²) >= 11 is 0. The second-order valence-corrected chi connectivity index (χ2v) is 7.97. The summed E-state index contributed by atoms with van der Waals surface area (Å²) in [5, 5.41) is 10.4. The number of hydrogen-bond donors (Lipinski definition) is 1. The first-order chi connectivity index (χ1) is 13.5. The minimum absolute atomic E-state index is 0.0720. The van der Waals surface area contributed by atoms with Gasteiger partial charge in [0.25, 0.3) is 0 Å². The predicted molar refractivity (Wildman–Crippen MR) is 105 cm³/mol. The summed E-state index contributed by atoms with van der Waals surface area (Å²) in [6, 6.07) is -1.48. The van der Waals surface area contributed by atoms with E-state index in [-0.39, 0.29) is 11.8 Å². The van der Waals surface area contributed by atoms with Gasteiger partial charge in [-0.25, -0.2) is 4.79 Å². The molecule has 0 saturated carbocycles. The molecule has 0 spiro atoms. The number of hydrogen-bond acceptors (Lipinski definition) is 5. The minimum Gasteiger partial charge on any atom is -0.467 e. The maximum atomic E-state index is 13.0. The van der Waals surface area contributed by atoms with E-state index in [0.29, 0.717) is 32.4 Å². The van der Waals surface area contributed by atoms with Crippen LogP contribution in [0.3, 0.4) is 0 Å². The molecule has 2 aliphatic heterocycles. The maximum Gasteiger partial charge on any atom is 0.328 e. The SMILES string of the molecule is CCCCCCCCCC(=O)N1CCC(O)[C@H]1C(=O)N1CCC[C@H]1C(=O)OC. The van der Waals surface area contributed by atoms with Crippen LogP contribution in [-0.2, 0) is 19.1 Å². The van der Waals surface area contributed by atoms with Gasteiger partial charge in [0, 0.05) is 19.5 Å². The lowest BCUT2D eigenvalue weighted by atomic mass is 10.1. The number of aliphatic hydroxyl groups excluding tert-OH is 1. The highest BCUT2D eigenvalue weighted by molar-refractivity contribution is 5.92. The van der Waals surface area contributed by atoms with E-state index in [1.165, 1.54) is 42.6 Å². The Bertz CT molecular complexity index is 539. The molecule has 0 aromatic heterocycles. The summed E-state index contributed by atoms with van der Waals surface area (Å²) < 4.78 is 4.80. The molecule has 2 saturated heterocycles. The number of esters is 1. The number of carbonyl (C=O) groups is 3. The lowest BCUT2D eigenvalue weighted by Crippen LogP contribution is -2.54. The molecular formula is C21H36N2O5. The second-order valence-electron chi connectivity index (χ2n) is 7.97. The normalized spacial score (nSPS) is 24.6. The topological polar surface area (TPSA) is 87.2 Å². The Balaban J connectivity index is 1.87. The largest absolute Gasteiger partial charge is 0.467 e. The fourth-order valence-corrected chi connectivity index (χ4v) is 4.31. The molecule has 0 aromatic rings. The van der Waals surface area contributed by atoms with Crippen molar-refractivity contribution in [2.75, 3.05) is 20.2 Å². The van der Waals surface area contributed by atoms with Crippen molar-refractivity contribution in [1.29, 1.82) is 0 Å². The molecule has 2 fully saturated rings. The van der Waals surface area contributed by atoms with Crippen molar-refractivity contribution in [1.82, 2.24) is 9.80 Å². The first-order valence-corrected chi connectivity index (χ1v) is 10.9. The number of methoxy groups -OCH3 is 1. The quantitative estimate of drug-likeness (QED) is 0.452. The number of rotatable bonds is 10. The number of ether oxygens (including phenoxy) is 1. The average molecular weight is 397 g/mol. The van der Waals surface area contributed by atoms with Crippen LogP contribution >= 0.6 is 0 Å². The number of unbranched alkanes of at least 4 members (excludes halogenated alkanes) is 6. The molecule has 2 heterocycles. The van der Waals surface area contributed by atoms with E-state index in [0.717, 1.165) is 25.7 Å². The number of carbonyl (C=O) groups excluding carboxylic acids is 3. The monoisotopic (exact) mass is 396 g/mol. The van der Waals surface area contributed by atoms with Gasteiger partial charge in [0.15, 0.2) is 0 Å². The third-order valence-corrected chi connectivity index (χ3v) is 5.94. The molecule has 2 aliphatic rings. The Kier molecular flexibility index (Phi) is 9.22. The van der Waals surface area contributed by atoms with E-state index in [2.05, 4.69) is 6.92 Å². The van der Waals surface area contributed by atoms with E-state index in [9.17, 15) is 19.5 Å². The molecule has 160 valence electrons. The molecule has 2 rings (SSSR count). The number of aliphatic hydroxyl groups is 1. The van der Waals surface area contributed by atoms with E-state index in [1.807, 2.05) is 0 Å². The highest BCUT2D eigenvalue weighted by Crippen LogP contribution is 2.26. The molecule has 2 amide bonds. The van der Waals surface area contributed by atoms with Crippen LogP contribution in [0.1, 0.15) is 77.6 Å². The highest BCUT2D eigenvalue weighted by atomic mass is 16.5. The third-order valence-electron chi connectivity index (χ3n) is 5.94. The molecular weight excluding hydrogens is 360 g/mol. The average Bonchev–Trinajstić information content (AvgIpc) is 3.33. The molecule has 7 nitrogen and oxygen atoms in total. The fourth-order valence-electron chi connectivity index (χ4n) is 4.31. The summed E-state index contributed by atoms with van der Waals surface area (Å²) in [6.45, 7) is 3.04. The molecule has 3 atom stereocenters. The zero-order chi connectivity index (χ0) is 20.5. The molecule has 7 heteroatoms. The summed E-state index contributed by atoms with van der Waals surface area (Å²) in [5.74, 6) is -0.831. The van der Waals surface area contributed by atoms with E-state index >= 15 is 0 Å². The Morgan fingerprint density at radius 2 is 1.64 bits per heavy atom. The van der Waals surface area contributed by atoms with Crippen LogP contribution in [0.15, 0.2) is 0 Å². The molecule has 1 N–H and O–H groups in total. The van der Waals surface area contributed by atoms with Gasteiger partial charge >= 0.3 is 5.97 Å². The molecule has 28 heavy (non-hydrogen) atoms. The minimum atomic E-state index is -0.873. The summed E-state index contributed by atoms with van der Waals surface area (Å²) in [6.07, 6.45) is 9.11. The van der Waals surface area contributed by atoms with Crippen molar-refractivity contribution in [2.45, 2.75) is 95.7 Å². The number of amides is 2. The zero-order valence-electron chi connectivity index (χ0n) is 17.4. The molecule has 0 radical (unpaired) electrons. The van der Waals surface area contributed by atoms with Crippen molar-refractivity contribution >= 4 is 17.8 Å². The Hall–Kier alpha value is -1.63. The molecule has 0 bridgehead atoms. The van der Waals surface area contributed by atoms with Crippen LogP contribution in [0.4, 0.5) is 0 Å². The van der Waals surface area contributed by atoms with Gasteiger partial charge in [0.2, 0.25) is 11.8 Å². The summed E-state index contributed by atoms with van der Waals surface area (Å²) in [5.41, 5.74) is 0. The second kappa shape index (κ2) is 11.4. The van der Waals surface area contributed by atoms with Crippen LogP contribution in [-0.4, -0.2) is 71.1 Å². The smallest absolute Gasteiger partial charge is 0.328 e. The van der Waals surface area contributed by atoms with Gasteiger partial charge in [-0.15, -0.1) is 0 Å². The highest BCUT2D eigenvalue weighted by Gasteiger charge is 2.46. The standard InChI is InChI=1S/C21H36N2O5/c1-3-4-5-6-7-8-9-12-18(25)23-15-13-17(24)19(23)20(26)22-14-10-11-16(22)21(27)28-2/h16-17,19,24H,3-15H2,1-2H3/t16-,17?,19-/m0/s1. The van der Waals surface area contributed by atoms with Crippen molar-refractivity contribution in [3.63, 3.8) is 0 Å². The van der Waals surface area contributed by atoms with Crippen LogP contribution in [0.5, 0.6) is 0 Å². The van der Waals surface area contributed by atoms with Gasteiger partial charge in [-0.3, -0.25) is 9.59 Å². The number of nitrogens with zero attached hydrogens (tertiary/aromatic N) is 2. The first kappa shape index (κ1) is 22.7. The van der Waals surface area contributed by atoms with Crippen molar-refractivity contribution in [3.8, 4) is 0 Å².